The minimum Gasteiger partial charge on any atom is -0.465 e. The highest BCUT2D eigenvalue weighted by Crippen LogP contribution is 2.48. The topological polar surface area (TPSA) is 201 Å². The smallest absolute Gasteiger partial charge is 0.459 e. The number of nitriles is 1. The van der Waals surface area contributed by atoms with Gasteiger partial charge in [0.2, 0.25) is 0 Å². The molecule has 1 saturated heterocycles. The number of rotatable bonds is 11. The number of ether oxygens (including phenoxy) is 2. The summed E-state index contributed by atoms with van der Waals surface area (Å²) in [5, 5.41) is 39.3. The Labute approximate surface area is 225 Å². The van der Waals surface area contributed by atoms with E-state index >= 15 is 0 Å². The minimum absolute atomic E-state index is 0.0457. The lowest BCUT2D eigenvalue weighted by Crippen LogP contribution is -2.55. The summed E-state index contributed by atoms with van der Waals surface area (Å²) in [5.74, 6) is -0.607. The van der Waals surface area contributed by atoms with Crippen LogP contribution in [0.3, 0.4) is 0 Å². The van der Waals surface area contributed by atoms with Gasteiger partial charge < -0.3 is 29.9 Å². The van der Waals surface area contributed by atoms with Gasteiger partial charge in [-0.25, -0.2) is 14.6 Å². The lowest BCUT2D eigenvalue weighted by molar-refractivity contribution is -0.149. The minimum atomic E-state index is -4.37. The number of amidine groups is 1. The van der Waals surface area contributed by atoms with Crippen LogP contribution in [0.5, 0.6) is 5.75 Å². The number of hydrogen-bond donors (Lipinski definition) is 4. The lowest BCUT2D eigenvalue weighted by Gasteiger charge is -2.36. The summed E-state index contributed by atoms with van der Waals surface area (Å²) in [6.45, 7) is 7.50. The monoisotopic (exact) mass is 562 g/mol. The Morgan fingerprint density at radius 2 is 2.10 bits per heavy atom. The van der Waals surface area contributed by atoms with Crippen molar-refractivity contribution >= 4 is 25.9 Å². The van der Waals surface area contributed by atoms with Gasteiger partial charge in [0.1, 0.15) is 47.7 Å². The highest BCUT2D eigenvalue weighted by Gasteiger charge is 2.60. The highest BCUT2D eigenvalue weighted by molar-refractivity contribution is 7.52. The van der Waals surface area contributed by atoms with Crippen molar-refractivity contribution in [3.05, 3.63) is 54.8 Å². The first kappa shape index (κ1) is 30.0. The number of aliphatic hydroxyl groups excluding tert-OH is 2. The Morgan fingerprint density at radius 1 is 1.41 bits per heavy atom. The molecule has 0 saturated carbocycles. The van der Waals surface area contributed by atoms with E-state index in [-0.39, 0.29) is 23.9 Å². The van der Waals surface area contributed by atoms with E-state index in [1.807, 2.05) is 6.07 Å². The van der Waals surface area contributed by atoms with Crippen molar-refractivity contribution in [2.75, 3.05) is 13.2 Å². The summed E-state index contributed by atoms with van der Waals surface area (Å²) in [5.41, 5.74) is 2.21. The molecule has 3 rings (SSSR count). The van der Waals surface area contributed by atoms with E-state index in [1.165, 1.54) is 38.1 Å². The molecule has 1 unspecified atom stereocenters. The predicted octanol–water partition coefficient (Wildman–Crippen LogP) is 1.15. The van der Waals surface area contributed by atoms with E-state index in [4.69, 9.17) is 24.3 Å². The molecule has 0 radical (unpaired) electrons. The van der Waals surface area contributed by atoms with Crippen molar-refractivity contribution in [3.63, 3.8) is 0 Å². The van der Waals surface area contributed by atoms with E-state index in [0.29, 0.717) is 0 Å². The molecule has 0 spiro atoms. The van der Waals surface area contributed by atoms with E-state index in [2.05, 4.69) is 21.8 Å². The second kappa shape index (κ2) is 12.1. The molecular weight excluding hydrogens is 531 g/mol. The van der Waals surface area contributed by atoms with Crippen LogP contribution in [0.15, 0.2) is 64.9 Å². The lowest BCUT2D eigenvalue weighted by atomic mass is 10.0. The number of benzene rings is 1. The van der Waals surface area contributed by atoms with Crippen LogP contribution in [0.2, 0.25) is 0 Å². The van der Waals surface area contributed by atoms with E-state index in [0.717, 1.165) is 11.3 Å². The van der Waals surface area contributed by atoms with Crippen LogP contribution in [0.25, 0.3) is 0 Å². The second-order valence-electron chi connectivity index (χ2n) is 8.90. The Balaban J connectivity index is 1.88. The standard InChI is InChI=1S/C24H31N6O8P/c1-5-10-17-21(26)27-15-28-30(17)24(14-25)20(32)19(31)18(37-24)13-36-39(34,38-16-11-8-7-9-12-16)29-23(3,4)22(33)35-6-2/h5,7-12,15,18-20,31-32H,1,6,13H2,2-4H3,(H,29,34)(H2,26,27,28)/b17-10-/t18-,19-,20-,24-,39?/m1/s1. The molecule has 0 bridgehead atoms. The van der Waals surface area contributed by atoms with Gasteiger partial charge in [0.15, 0.2) is 5.84 Å². The van der Waals surface area contributed by atoms with Crippen LogP contribution in [0.4, 0.5) is 0 Å². The van der Waals surface area contributed by atoms with Crippen LogP contribution in [-0.2, 0) is 23.4 Å². The number of hydrogen-bond acceptors (Lipinski definition) is 13. The average molecular weight is 563 g/mol. The zero-order chi connectivity index (χ0) is 28.8. The first-order valence-corrected chi connectivity index (χ1v) is 13.4. The van der Waals surface area contributed by atoms with Gasteiger partial charge in [0.05, 0.1) is 13.2 Å². The number of esters is 1. The van der Waals surface area contributed by atoms with Crippen LogP contribution in [-0.4, -0.2) is 76.2 Å². The summed E-state index contributed by atoms with van der Waals surface area (Å²) in [6.07, 6.45) is -1.14. The molecule has 2 aliphatic rings. The molecule has 14 nitrogen and oxygen atoms in total. The third-order valence-electron chi connectivity index (χ3n) is 5.62. The van der Waals surface area contributed by atoms with Gasteiger partial charge in [0, 0.05) is 0 Å². The van der Waals surface area contributed by atoms with Crippen LogP contribution in [0.1, 0.15) is 20.8 Å². The predicted molar refractivity (Wildman–Crippen MR) is 140 cm³/mol. The van der Waals surface area contributed by atoms with Gasteiger partial charge in [-0.1, -0.05) is 30.9 Å². The molecule has 0 aliphatic carbocycles. The number of para-hydroxylation sites is 1. The average Bonchev–Trinajstić information content (AvgIpc) is 3.14. The summed E-state index contributed by atoms with van der Waals surface area (Å²) >= 11 is 0. The van der Waals surface area contributed by atoms with Gasteiger partial charge in [-0.2, -0.15) is 15.5 Å². The Hall–Kier alpha value is -3.57. The van der Waals surface area contributed by atoms with Crippen molar-refractivity contribution < 1.29 is 38.1 Å². The molecule has 15 heteroatoms. The zero-order valence-corrected chi connectivity index (χ0v) is 22.5. The van der Waals surface area contributed by atoms with Crippen LogP contribution in [0, 0.1) is 11.3 Å². The van der Waals surface area contributed by atoms with Gasteiger partial charge in [-0.15, -0.1) is 0 Å². The number of hydrazone groups is 1. The molecule has 39 heavy (non-hydrogen) atoms. The molecule has 0 aromatic heterocycles. The summed E-state index contributed by atoms with van der Waals surface area (Å²) in [6, 6.07) is 9.87. The molecule has 2 aliphatic heterocycles. The number of carbonyl (C=O) groups excluding carboxylic acids is 1. The fraction of sp³-hybridized carbons (Fsp3) is 0.417. The molecule has 5 N–H and O–H groups in total. The molecule has 5 atom stereocenters. The van der Waals surface area contributed by atoms with Crippen molar-refractivity contribution in [1.29, 1.82) is 5.26 Å². The molecule has 2 heterocycles. The number of allylic oxidation sites excluding steroid dienone is 2. The maximum atomic E-state index is 13.9. The zero-order valence-electron chi connectivity index (χ0n) is 21.6. The van der Waals surface area contributed by atoms with E-state index < -0.39 is 49.9 Å². The van der Waals surface area contributed by atoms with Crippen molar-refractivity contribution in [2.45, 2.75) is 50.3 Å². The van der Waals surface area contributed by atoms with E-state index in [1.54, 1.807) is 25.1 Å². The second-order valence-corrected chi connectivity index (χ2v) is 10.6. The summed E-state index contributed by atoms with van der Waals surface area (Å²) in [7, 11) is -4.37. The number of aliphatic imine (C=N–C) groups is 1. The van der Waals surface area contributed by atoms with Gasteiger partial charge in [-0.3, -0.25) is 9.32 Å². The van der Waals surface area contributed by atoms with E-state index in [9.17, 15) is 24.8 Å². The van der Waals surface area contributed by atoms with Crippen LogP contribution < -0.4 is 15.3 Å². The van der Waals surface area contributed by atoms with Crippen molar-refractivity contribution in [1.82, 2.24) is 10.1 Å². The van der Waals surface area contributed by atoms with Crippen LogP contribution >= 0.6 is 7.75 Å². The first-order valence-electron chi connectivity index (χ1n) is 11.8. The highest BCUT2D eigenvalue weighted by atomic mass is 31.2. The fourth-order valence-corrected chi connectivity index (χ4v) is 5.42. The third-order valence-corrected chi connectivity index (χ3v) is 7.39. The molecule has 210 valence electrons. The maximum Gasteiger partial charge on any atom is 0.459 e. The number of aliphatic hydroxyl groups is 2. The Kier molecular flexibility index (Phi) is 9.29. The largest absolute Gasteiger partial charge is 0.465 e. The molecular formula is C24H31N6O8P. The maximum absolute atomic E-state index is 13.9. The first-order chi connectivity index (χ1) is 18.4. The fourth-order valence-electron chi connectivity index (χ4n) is 3.73. The number of nitrogens with one attached hydrogen (secondary N) is 1. The quantitative estimate of drug-likeness (QED) is 0.222. The molecule has 0 amide bonds. The number of nitrogens with two attached hydrogens (primary N) is 1. The third kappa shape index (κ3) is 6.36. The summed E-state index contributed by atoms with van der Waals surface area (Å²) < 4.78 is 35.9. The molecule has 1 aromatic rings. The SMILES string of the molecule is C=C/C=C1/C(N)=NC=NN1[C@]1(C#N)O[C@H](COP(=O)(NC(C)(C)C(=O)OCC)Oc2ccccc2)[C@@H](O)[C@H]1O. The van der Waals surface area contributed by atoms with Crippen molar-refractivity contribution in [2.24, 2.45) is 15.8 Å². The van der Waals surface area contributed by atoms with Gasteiger partial charge in [0.25, 0.3) is 5.72 Å². The van der Waals surface area contributed by atoms with Gasteiger partial charge >= 0.3 is 13.7 Å². The Morgan fingerprint density at radius 3 is 2.72 bits per heavy atom. The molecule has 1 aromatic carbocycles. The number of nitrogens with zero attached hydrogens (tertiary/aromatic N) is 4. The van der Waals surface area contributed by atoms with Crippen molar-refractivity contribution in [3.8, 4) is 11.8 Å². The van der Waals surface area contributed by atoms with Gasteiger partial charge in [-0.05, 0) is 39.0 Å². The number of carbonyl (C=O) groups is 1. The normalized spacial score (nSPS) is 27.4. The summed E-state index contributed by atoms with van der Waals surface area (Å²) in [4.78, 5) is 16.3. The molecule has 1 fully saturated rings. The Bertz CT molecular complexity index is 1250.